The van der Waals surface area contributed by atoms with Crippen LogP contribution in [0.2, 0.25) is 0 Å². The van der Waals surface area contributed by atoms with E-state index in [1.165, 1.54) is 37.4 Å². The zero-order valence-electron chi connectivity index (χ0n) is 25.3. The molecule has 2 aliphatic heterocycles. The van der Waals surface area contributed by atoms with Gasteiger partial charge in [-0.25, -0.2) is 19.4 Å². The summed E-state index contributed by atoms with van der Waals surface area (Å²) in [5.41, 5.74) is 7.57. The number of aromatic nitrogens is 2. The molecule has 16 heteroatoms. The molecule has 3 fully saturated rings. The molecular formula is C28H43N9O5S2. The number of carbonyl (C=O) groups is 1. The predicted octanol–water partition coefficient (Wildman–Crippen LogP) is 1.64. The third-order valence-electron chi connectivity index (χ3n) is 9.02. The highest BCUT2D eigenvalue weighted by molar-refractivity contribution is 8.02. The molecule has 2 saturated heterocycles. The van der Waals surface area contributed by atoms with Gasteiger partial charge in [0.1, 0.15) is 5.82 Å². The summed E-state index contributed by atoms with van der Waals surface area (Å²) in [5, 5.41) is 3.18. The van der Waals surface area contributed by atoms with Gasteiger partial charge in [0.25, 0.3) is 26.3 Å². The molecule has 0 radical (unpaired) electrons. The van der Waals surface area contributed by atoms with Gasteiger partial charge in [-0.1, -0.05) is 28.7 Å². The molecule has 5 rings (SSSR count). The van der Waals surface area contributed by atoms with E-state index in [1.807, 2.05) is 12.1 Å². The molecule has 0 bridgehead atoms. The summed E-state index contributed by atoms with van der Waals surface area (Å²) in [5.74, 6) is 0.282. The molecule has 1 aromatic carbocycles. The van der Waals surface area contributed by atoms with Crippen LogP contribution >= 0.6 is 0 Å². The number of anilines is 3. The monoisotopic (exact) mass is 649 g/mol. The van der Waals surface area contributed by atoms with Crippen LogP contribution in [0.5, 0.6) is 0 Å². The summed E-state index contributed by atoms with van der Waals surface area (Å²) in [6.45, 7) is 2.80. The molecule has 14 nitrogen and oxygen atoms in total. The molecule has 1 amide bonds. The highest BCUT2D eigenvalue weighted by Crippen LogP contribution is 2.33. The van der Waals surface area contributed by atoms with Crippen molar-refractivity contribution < 1.29 is 21.6 Å². The molecule has 5 N–H and O–H groups in total. The smallest absolute Gasteiger partial charge is 0.293 e. The zero-order chi connectivity index (χ0) is 31.5. The van der Waals surface area contributed by atoms with E-state index in [4.69, 9.17) is 5.73 Å². The van der Waals surface area contributed by atoms with E-state index < -0.39 is 32.4 Å². The maximum absolute atomic E-state index is 12.7. The van der Waals surface area contributed by atoms with Crippen LogP contribution in [0.1, 0.15) is 73.3 Å². The minimum absolute atomic E-state index is 0.0391. The Balaban J connectivity index is 1.31. The van der Waals surface area contributed by atoms with E-state index in [-0.39, 0.29) is 18.1 Å². The summed E-state index contributed by atoms with van der Waals surface area (Å²) in [6, 6.07) is 7.98. The SMILES string of the molecule is CNS(=O)(=O)N([C@@H]1CCCN(c2cnc(C(N)=O)c(Nc3ccc(C4CCN(C5CCCC5)CC4)cc3)n2)C1)S(=O)(=O)NC. The van der Waals surface area contributed by atoms with E-state index >= 15 is 0 Å². The summed E-state index contributed by atoms with van der Waals surface area (Å²) in [7, 11) is -6.33. The van der Waals surface area contributed by atoms with Gasteiger partial charge in [-0.2, -0.15) is 16.8 Å². The molecule has 2 aromatic rings. The van der Waals surface area contributed by atoms with Crippen LogP contribution in [-0.4, -0.2) is 93.7 Å². The molecule has 44 heavy (non-hydrogen) atoms. The fraction of sp³-hybridized carbons (Fsp3) is 0.607. The fourth-order valence-corrected chi connectivity index (χ4v) is 9.65. The molecular weight excluding hydrogens is 607 g/mol. The Kier molecular flexibility index (Phi) is 10.1. The van der Waals surface area contributed by atoms with Gasteiger partial charge in [-0.05, 0) is 75.2 Å². The van der Waals surface area contributed by atoms with Crippen molar-refractivity contribution in [2.24, 2.45) is 5.73 Å². The maximum atomic E-state index is 12.7. The van der Waals surface area contributed by atoms with Crippen LogP contribution in [-0.2, 0) is 20.4 Å². The lowest BCUT2D eigenvalue weighted by Gasteiger charge is -2.37. The van der Waals surface area contributed by atoms with Gasteiger partial charge < -0.3 is 20.9 Å². The average Bonchev–Trinajstić information content (AvgIpc) is 3.57. The minimum Gasteiger partial charge on any atom is -0.364 e. The van der Waals surface area contributed by atoms with Crippen molar-refractivity contribution in [2.75, 3.05) is 50.5 Å². The normalized spacial score (nSPS) is 21.2. The van der Waals surface area contributed by atoms with Crippen LogP contribution in [0.3, 0.4) is 0 Å². The second kappa shape index (κ2) is 13.6. The van der Waals surface area contributed by atoms with E-state index in [0.717, 1.165) is 46.1 Å². The van der Waals surface area contributed by atoms with Crippen molar-refractivity contribution in [2.45, 2.75) is 69.4 Å². The van der Waals surface area contributed by atoms with Crippen molar-refractivity contribution in [1.82, 2.24) is 28.0 Å². The lowest BCUT2D eigenvalue weighted by atomic mass is 9.88. The lowest BCUT2D eigenvalue weighted by molar-refractivity contribution is 0.0996. The number of nitrogens with one attached hydrogen (secondary N) is 3. The number of primary amides is 1. The van der Waals surface area contributed by atoms with Crippen LogP contribution in [0, 0.1) is 0 Å². The number of likely N-dealkylation sites (tertiary alicyclic amines) is 1. The quantitative estimate of drug-likeness (QED) is 0.279. The third kappa shape index (κ3) is 7.15. The second-order valence-corrected chi connectivity index (χ2v) is 15.4. The first-order valence-corrected chi connectivity index (χ1v) is 18.1. The number of benzene rings is 1. The second-order valence-electron chi connectivity index (χ2n) is 11.7. The van der Waals surface area contributed by atoms with E-state index in [0.29, 0.717) is 40.5 Å². The van der Waals surface area contributed by atoms with E-state index in [1.54, 1.807) is 4.90 Å². The summed E-state index contributed by atoms with van der Waals surface area (Å²) in [4.78, 5) is 25.5. The molecule has 3 heterocycles. The standard InChI is InChI=1S/C28H43N9O5S2/c1-30-43(39,40)37(44(41,42)31-2)24-8-5-15-36(19-24)25-18-32-26(27(29)38)28(34-25)33-22-11-9-20(10-12-22)21-13-16-35(17-14-21)23-6-3-4-7-23/h9-12,18,21,23-24,30-31H,3-8,13-17,19H2,1-2H3,(H2,29,38)(H,33,34)/t24-/m1/s1. The molecule has 242 valence electrons. The van der Waals surface area contributed by atoms with E-state index in [2.05, 4.69) is 41.8 Å². The lowest BCUT2D eigenvalue weighted by Crippen LogP contribution is -2.57. The number of hydrogen-bond donors (Lipinski definition) is 4. The van der Waals surface area contributed by atoms with Crippen LogP contribution in [0.4, 0.5) is 17.3 Å². The first-order chi connectivity index (χ1) is 21.0. The summed E-state index contributed by atoms with van der Waals surface area (Å²) in [6.07, 6.45) is 9.85. The summed E-state index contributed by atoms with van der Waals surface area (Å²) < 4.78 is 55.5. The molecule has 3 aliphatic rings. The molecule has 1 aliphatic carbocycles. The average molecular weight is 650 g/mol. The Bertz CT molecular complexity index is 1490. The summed E-state index contributed by atoms with van der Waals surface area (Å²) >= 11 is 0. The van der Waals surface area contributed by atoms with Crippen LogP contribution in [0.15, 0.2) is 30.5 Å². The van der Waals surface area contributed by atoms with Gasteiger partial charge >= 0.3 is 0 Å². The first kappa shape index (κ1) is 32.5. The largest absolute Gasteiger partial charge is 0.364 e. The van der Waals surface area contributed by atoms with Crippen molar-refractivity contribution in [3.05, 3.63) is 41.7 Å². The van der Waals surface area contributed by atoms with Gasteiger partial charge in [0.15, 0.2) is 11.5 Å². The molecule has 1 saturated carbocycles. The van der Waals surface area contributed by atoms with Gasteiger partial charge in [0.2, 0.25) is 0 Å². The Hall–Kier alpha value is -2.89. The maximum Gasteiger partial charge on any atom is 0.293 e. The third-order valence-corrected chi connectivity index (χ3v) is 12.8. The van der Waals surface area contributed by atoms with Gasteiger partial charge in [0.05, 0.1) is 12.2 Å². The van der Waals surface area contributed by atoms with Crippen molar-refractivity contribution >= 4 is 43.6 Å². The van der Waals surface area contributed by atoms with Crippen molar-refractivity contribution in [3.63, 3.8) is 0 Å². The predicted molar refractivity (Wildman–Crippen MR) is 169 cm³/mol. The molecule has 0 spiro atoms. The Labute approximate surface area is 260 Å². The van der Waals surface area contributed by atoms with Crippen LogP contribution in [0.25, 0.3) is 0 Å². The number of rotatable bonds is 11. The topological polar surface area (TPSA) is 183 Å². The van der Waals surface area contributed by atoms with Crippen molar-refractivity contribution in [1.29, 1.82) is 0 Å². The molecule has 0 unspecified atom stereocenters. The highest BCUT2D eigenvalue weighted by atomic mass is 32.3. The number of nitrogens with zero attached hydrogens (tertiary/aromatic N) is 5. The zero-order valence-corrected chi connectivity index (χ0v) is 26.9. The fourth-order valence-electron chi connectivity index (χ4n) is 6.68. The van der Waals surface area contributed by atoms with Crippen molar-refractivity contribution in [3.8, 4) is 0 Å². The van der Waals surface area contributed by atoms with Crippen LogP contribution < -0.4 is 25.4 Å². The number of hydrogen-bond acceptors (Lipinski definition) is 10. The Morgan fingerprint density at radius 3 is 2.14 bits per heavy atom. The number of nitrogens with two attached hydrogens (primary N) is 1. The van der Waals surface area contributed by atoms with Gasteiger partial charge in [-0.15, -0.1) is 0 Å². The Morgan fingerprint density at radius 1 is 0.909 bits per heavy atom. The van der Waals surface area contributed by atoms with Gasteiger partial charge in [0, 0.05) is 38.9 Å². The molecule has 1 atom stereocenters. The number of piperidine rings is 2. The highest BCUT2D eigenvalue weighted by Gasteiger charge is 2.41. The van der Waals surface area contributed by atoms with E-state index in [9.17, 15) is 21.6 Å². The molecule has 1 aromatic heterocycles. The first-order valence-electron chi connectivity index (χ1n) is 15.2. The Morgan fingerprint density at radius 2 is 1.55 bits per heavy atom. The number of carbonyl (C=O) groups excluding carboxylic acids is 1. The van der Waals surface area contributed by atoms with Gasteiger partial charge in [-0.3, -0.25) is 4.79 Å². The number of amides is 1. The minimum atomic E-state index is -4.33.